The number of aromatic nitrogens is 2. The highest BCUT2D eigenvalue weighted by atomic mass is 16.2. The number of amides is 1. The highest BCUT2D eigenvalue weighted by Gasteiger charge is 2.29. The quantitative estimate of drug-likeness (QED) is 0.939. The van der Waals surface area contributed by atoms with Gasteiger partial charge in [0.15, 0.2) is 0 Å². The van der Waals surface area contributed by atoms with Gasteiger partial charge in [0.05, 0.1) is 6.04 Å². The van der Waals surface area contributed by atoms with E-state index in [0.29, 0.717) is 5.69 Å². The van der Waals surface area contributed by atoms with Gasteiger partial charge < -0.3 is 9.80 Å². The van der Waals surface area contributed by atoms with Gasteiger partial charge in [-0.2, -0.15) is 5.10 Å². The third-order valence-electron chi connectivity index (χ3n) is 4.55. The van der Waals surface area contributed by atoms with E-state index in [1.54, 1.807) is 0 Å². The van der Waals surface area contributed by atoms with Crippen LogP contribution in [0.3, 0.4) is 0 Å². The minimum absolute atomic E-state index is 0.0291. The summed E-state index contributed by atoms with van der Waals surface area (Å²) in [6, 6.07) is 10.7. The molecule has 1 aromatic carbocycles. The van der Waals surface area contributed by atoms with Crippen LogP contribution in [0.15, 0.2) is 30.3 Å². The largest absolute Gasteiger partial charge is 0.330 e. The average molecular weight is 326 g/mol. The Morgan fingerprint density at radius 3 is 2.67 bits per heavy atom. The number of aryl methyl sites for hydroxylation is 1. The Morgan fingerprint density at radius 2 is 2.04 bits per heavy atom. The Kier molecular flexibility index (Phi) is 5.00. The molecule has 5 nitrogen and oxygen atoms in total. The van der Waals surface area contributed by atoms with Crippen molar-refractivity contribution < 1.29 is 4.79 Å². The molecule has 1 aliphatic rings. The van der Waals surface area contributed by atoms with Crippen molar-refractivity contribution >= 4 is 5.91 Å². The van der Waals surface area contributed by atoms with E-state index in [4.69, 9.17) is 0 Å². The smallest absolute Gasteiger partial charge is 0.274 e. The lowest BCUT2D eigenvalue weighted by Crippen LogP contribution is -2.38. The Bertz CT molecular complexity index is 690. The lowest BCUT2D eigenvalue weighted by atomic mass is 9.94. The summed E-state index contributed by atoms with van der Waals surface area (Å²) in [7, 11) is 4.14. The maximum Gasteiger partial charge on any atom is 0.274 e. The van der Waals surface area contributed by atoms with Gasteiger partial charge in [0.2, 0.25) is 0 Å². The van der Waals surface area contributed by atoms with E-state index >= 15 is 0 Å². The number of H-pyrrole nitrogens is 1. The molecule has 1 aromatic heterocycles. The number of hydrogen-bond donors (Lipinski definition) is 1. The highest BCUT2D eigenvalue weighted by Crippen LogP contribution is 2.32. The molecule has 2 heterocycles. The molecule has 0 spiro atoms. The Morgan fingerprint density at radius 1 is 1.29 bits per heavy atom. The standard InChI is InChI=1S/C19H26N4O/c1-14-12-17(21-20-14)19(24)23-11-5-4-6-18(23)16-9-7-15(8-10-16)13-22(2)3/h7-10,12,18H,4-6,11,13H2,1-3H3,(H,20,21). The van der Waals surface area contributed by atoms with Crippen molar-refractivity contribution in [2.45, 2.75) is 38.8 Å². The second kappa shape index (κ2) is 7.18. The number of carbonyl (C=O) groups excluding carboxylic acids is 1. The van der Waals surface area contributed by atoms with Crippen molar-refractivity contribution in [2.75, 3.05) is 20.6 Å². The van der Waals surface area contributed by atoms with E-state index in [1.807, 2.05) is 17.9 Å². The van der Waals surface area contributed by atoms with Crippen LogP contribution >= 0.6 is 0 Å². The molecular weight excluding hydrogens is 300 g/mol. The summed E-state index contributed by atoms with van der Waals surface area (Å²) in [6.07, 6.45) is 3.24. The number of rotatable bonds is 4. The molecule has 1 fully saturated rings. The first-order valence-corrected chi connectivity index (χ1v) is 8.61. The van der Waals surface area contributed by atoms with Crippen LogP contribution in [0.1, 0.15) is 52.6 Å². The van der Waals surface area contributed by atoms with Crippen LogP contribution < -0.4 is 0 Å². The number of nitrogens with zero attached hydrogens (tertiary/aromatic N) is 3. The summed E-state index contributed by atoms with van der Waals surface area (Å²) < 4.78 is 0. The third kappa shape index (κ3) is 3.67. The summed E-state index contributed by atoms with van der Waals surface area (Å²) in [5, 5.41) is 7.01. The van der Waals surface area contributed by atoms with Gasteiger partial charge in [-0.05, 0) is 57.5 Å². The topological polar surface area (TPSA) is 52.2 Å². The lowest BCUT2D eigenvalue weighted by Gasteiger charge is -2.35. The van der Waals surface area contributed by atoms with Crippen molar-refractivity contribution in [1.82, 2.24) is 20.0 Å². The van der Waals surface area contributed by atoms with Crippen LogP contribution in [0.2, 0.25) is 0 Å². The fourth-order valence-corrected chi connectivity index (χ4v) is 3.41. The van der Waals surface area contributed by atoms with Crippen molar-refractivity contribution in [2.24, 2.45) is 0 Å². The van der Waals surface area contributed by atoms with E-state index in [2.05, 4.69) is 53.5 Å². The van der Waals surface area contributed by atoms with E-state index < -0.39 is 0 Å². The van der Waals surface area contributed by atoms with Gasteiger partial charge in [0, 0.05) is 18.8 Å². The monoisotopic (exact) mass is 326 g/mol. The lowest BCUT2D eigenvalue weighted by molar-refractivity contribution is 0.0605. The van der Waals surface area contributed by atoms with Gasteiger partial charge in [0.1, 0.15) is 5.69 Å². The van der Waals surface area contributed by atoms with Gasteiger partial charge in [-0.1, -0.05) is 24.3 Å². The van der Waals surface area contributed by atoms with Gasteiger partial charge in [-0.3, -0.25) is 9.89 Å². The van der Waals surface area contributed by atoms with Crippen molar-refractivity contribution in [3.8, 4) is 0 Å². The second-order valence-corrected chi connectivity index (χ2v) is 6.93. The molecule has 0 radical (unpaired) electrons. The predicted octanol–water partition coefficient (Wildman–Crippen LogP) is 3.15. The third-order valence-corrected chi connectivity index (χ3v) is 4.55. The zero-order valence-electron chi connectivity index (χ0n) is 14.7. The zero-order chi connectivity index (χ0) is 17.1. The first-order valence-electron chi connectivity index (χ1n) is 8.61. The molecule has 1 saturated heterocycles. The molecule has 128 valence electrons. The molecule has 0 bridgehead atoms. The van der Waals surface area contributed by atoms with Gasteiger partial charge in [-0.15, -0.1) is 0 Å². The maximum atomic E-state index is 12.8. The highest BCUT2D eigenvalue weighted by molar-refractivity contribution is 5.92. The zero-order valence-corrected chi connectivity index (χ0v) is 14.7. The van der Waals surface area contributed by atoms with Gasteiger partial charge in [-0.25, -0.2) is 0 Å². The van der Waals surface area contributed by atoms with E-state index in [9.17, 15) is 4.79 Å². The van der Waals surface area contributed by atoms with E-state index in [1.165, 1.54) is 11.1 Å². The first-order chi connectivity index (χ1) is 11.5. The number of nitrogens with one attached hydrogen (secondary N) is 1. The van der Waals surface area contributed by atoms with Gasteiger partial charge >= 0.3 is 0 Å². The summed E-state index contributed by atoms with van der Waals surface area (Å²) >= 11 is 0. The Balaban J connectivity index is 1.80. The number of piperidine rings is 1. The summed E-state index contributed by atoms with van der Waals surface area (Å²) in [4.78, 5) is 17.0. The number of benzene rings is 1. The van der Waals surface area contributed by atoms with Crippen molar-refractivity contribution in [3.63, 3.8) is 0 Å². The molecule has 0 saturated carbocycles. The molecule has 24 heavy (non-hydrogen) atoms. The number of carbonyl (C=O) groups is 1. The normalized spacial score (nSPS) is 18.2. The molecule has 1 aliphatic heterocycles. The minimum Gasteiger partial charge on any atom is -0.330 e. The average Bonchev–Trinajstić information content (AvgIpc) is 3.01. The Hall–Kier alpha value is -2.14. The van der Waals surface area contributed by atoms with Crippen LogP contribution in [-0.4, -0.2) is 46.5 Å². The summed E-state index contributed by atoms with van der Waals surface area (Å²) in [5.74, 6) is 0.0291. The molecular formula is C19H26N4O. The van der Waals surface area contributed by atoms with Gasteiger partial charge in [0.25, 0.3) is 5.91 Å². The molecule has 1 N–H and O–H groups in total. The van der Waals surface area contributed by atoms with Crippen molar-refractivity contribution in [1.29, 1.82) is 0 Å². The SMILES string of the molecule is Cc1cc(C(=O)N2CCCCC2c2ccc(CN(C)C)cc2)n[nH]1. The maximum absolute atomic E-state index is 12.8. The Labute approximate surface area is 143 Å². The van der Waals surface area contributed by atoms with Crippen LogP contribution in [0.5, 0.6) is 0 Å². The molecule has 0 aliphatic carbocycles. The van der Waals surface area contributed by atoms with Crippen LogP contribution in [0.25, 0.3) is 0 Å². The predicted molar refractivity (Wildman–Crippen MR) is 94.8 cm³/mol. The van der Waals surface area contributed by atoms with E-state index in [0.717, 1.165) is 38.0 Å². The summed E-state index contributed by atoms with van der Waals surface area (Å²) in [6.45, 7) is 3.65. The molecule has 3 rings (SSSR count). The fourth-order valence-electron chi connectivity index (χ4n) is 3.41. The minimum atomic E-state index is 0.0291. The number of hydrogen-bond acceptors (Lipinski definition) is 3. The van der Waals surface area contributed by atoms with Crippen LogP contribution in [0, 0.1) is 6.92 Å². The molecule has 1 unspecified atom stereocenters. The number of likely N-dealkylation sites (tertiary alicyclic amines) is 1. The summed E-state index contributed by atoms with van der Waals surface area (Å²) in [5.41, 5.74) is 3.95. The van der Waals surface area contributed by atoms with Crippen molar-refractivity contribution in [3.05, 3.63) is 52.8 Å². The molecule has 2 aromatic rings. The first kappa shape index (κ1) is 16.7. The fraction of sp³-hybridized carbons (Fsp3) is 0.474. The van der Waals surface area contributed by atoms with E-state index in [-0.39, 0.29) is 11.9 Å². The second-order valence-electron chi connectivity index (χ2n) is 6.93. The van der Waals surface area contributed by atoms with Crippen LogP contribution in [0.4, 0.5) is 0 Å². The molecule has 5 heteroatoms. The number of aromatic amines is 1. The molecule has 1 amide bonds. The van der Waals surface area contributed by atoms with Crippen LogP contribution in [-0.2, 0) is 6.54 Å². The molecule has 1 atom stereocenters.